The molecule has 1 atom stereocenters. The van der Waals surface area contributed by atoms with Gasteiger partial charge in [-0.1, -0.05) is 13.8 Å². The van der Waals surface area contributed by atoms with Crippen LogP contribution in [-0.2, 0) is 10.0 Å². The summed E-state index contributed by atoms with van der Waals surface area (Å²) in [6, 6.07) is 4.62. The minimum Gasteiger partial charge on any atom is -0.486 e. The van der Waals surface area contributed by atoms with Gasteiger partial charge in [-0.25, -0.2) is 8.42 Å². The van der Waals surface area contributed by atoms with Gasteiger partial charge in [-0.15, -0.1) is 0 Å². The average Bonchev–Trinajstić information content (AvgIpc) is 2.67. The second-order valence-corrected chi connectivity index (χ2v) is 8.67. The van der Waals surface area contributed by atoms with E-state index in [4.69, 9.17) is 9.47 Å². The minimum absolute atomic E-state index is 0.0801. The molecule has 22 heavy (non-hydrogen) atoms. The number of benzene rings is 1. The molecule has 1 saturated heterocycles. The Kier molecular flexibility index (Phi) is 3.43. The van der Waals surface area contributed by atoms with Gasteiger partial charge in [-0.3, -0.25) is 0 Å². The van der Waals surface area contributed by atoms with E-state index in [-0.39, 0.29) is 18.0 Å². The molecule has 0 aromatic heterocycles. The highest BCUT2D eigenvalue weighted by molar-refractivity contribution is 7.89. The summed E-state index contributed by atoms with van der Waals surface area (Å²) in [6.07, 6.45) is 0. The van der Waals surface area contributed by atoms with Gasteiger partial charge in [-0.2, -0.15) is 4.31 Å². The fourth-order valence-electron chi connectivity index (χ4n) is 2.73. The Labute approximate surface area is 130 Å². The molecule has 0 amide bonds. The molecule has 0 aliphatic carbocycles. The number of hydrogen-bond donors (Lipinski definition) is 1. The van der Waals surface area contributed by atoms with Gasteiger partial charge in [0.25, 0.3) is 0 Å². The standard InChI is InChI=1S/C15H21NO5S/c1-14(2)9-16(10-15(14,3)17)22(18,19)11-4-5-12-13(8-11)21-7-6-20-12/h4-5,8,17H,6-7,9-10H2,1-3H3/t15-/m0/s1. The van der Waals surface area contributed by atoms with Gasteiger partial charge in [0.15, 0.2) is 11.5 Å². The summed E-state index contributed by atoms with van der Waals surface area (Å²) in [5, 5.41) is 10.4. The molecular formula is C15H21NO5S. The first-order valence-corrected chi connectivity index (χ1v) is 8.70. The van der Waals surface area contributed by atoms with Crippen molar-refractivity contribution in [2.45, 2.75) is 31.3 Å². The largest absolute Gasteiger partial charge is 0.486 e. The molecule has 2 heterocycles. The van der Waals surface area contributed by atoms with Gasteiger partial charge in [0.05, 0.1) is 10.5 Å². The highest BCUT2D eigenvalue weighted by Crippen LogP contribution is 2.41. The topological polar surface area (TPSA) is 76.1 Å². The predicted molar refractivity (Wildman–Crippen MR) is 80.6 cm³/mol. The van der Waals surface area contributed by atoms with Crippen LogP contribution in [0.15, 0.2) is 23.1 Å². The van der Waals surface area contributed by atoms with Crippen molar-refractivity contribution in [3.63, 3.8) is 0 Å². The van der Waals surface area contributed by atoms with Crippen molar-refractivity contribution < 1.29 is 23.0 Å². The number of rotatable bonds is 2. The van der Waals surface area contributed by atoms with Crippen LogP contribution in [0.25, 0.3) is 0 Å². The molecule has 2 aliphatic rings. The maximum atomic E-state index is 12.8. The van der Waals surface area contributed by atoms with E-state index in [1.807, 2.05) is 13.8 Å². The zero-order valence-electron chi connectivity index (χ0n) is 13.0. The Balaban J connectivity index is 1.94. The summed E-state index contributed by atoms with van der Waals surface area (Å²) >= 11 is 0. The van der Waals surface area contributed by atoms with Gasteiger partial charge in [-0.05, 0) is 19.1 Å². The van der Waals surface area contributed by atoms with Crippen LogP contribution in [0.1, 0.15) is 20.8 Å². The molecule has 3 rings (SSSR count). The second kappa shape index (κ2) is 4.84. The molecule has 122 valence electrons. The lowest BCUT2D eigenvalue weighted by Gasteiger charge is -2.31. The molecular weight excluding hydrogens is 306 g/mol. The lowest BCUT2D eigenvalue weighted by molar-refractivity contribution is -0.0100. The van der Waals surface area contributed by atoms with Crippen LogP contribution in [0.5, 0.6) is 11.5 Å². The molecule has 1 N–H and O–H groups in total. The first-order valence-electron chi connectivity index (χ1n) is 7.26. The molecule has 1 aromatic rings. The highest BCUT2D eigenvalue weighted by Gasteiger charge is 2.51. The minimum atomic E-state index is -3.68. The lowest BCUT2D eigenvalue weighted by atomic mass is 9.79. The number of sulfonamides is 1. The number of ether oxygens (including phenoxy) is 2. The van der Waals surface area contributed by atoms with E-state index < -0.39 is 21.0 Å². The Morgan fingerprint density at radius 3 is 2.32 bits per heavy atom. The molecule has 6 nitrogen and oxygen atoms in total. The Bertz CT molecular complexity index is 680. The summed E-state index contributed by atoms with van der Waals surface area (Å²) < 4.78 is 37.8. The van der Waals surface area contributed by atoms with E-state index in [1.165, 1.54) is 16.4 Å². The normalized spacial score (nSPS) is 27.8. The van der Waals surface area contributed by atoms with Crippen LogP contribution < -0.4 is 9.47 Å². The van der Waals surface area contributed by atoms with E-state index in [9.17, 15) is 13.5 Å². The van der Waals surface area contributed by atoms with E-state index in [0.717, 1.165) is 0 Å². The van der Waals surface area contributed by atoms with Crippen molar-refractivity contribution in [3.8, 4) is 11.5 Å². The molecule has 7 heteroatoms. The molecule has 1 aromatic carbocycles. The number of fused-ring (bicyclic) bond motifs is 1. The third-order valence-electron chi connectivity index (χ3n) is 4.67. The van der Waals surface area contributed by atoms with Crippen LogP contribution >= 0.6 is 0 Å². The van der Waals surface area contributed by atoms with Crippen LogP contribution in [0.3, 0.4) is 0 Å². The molecule has 0 saturated carbocycles. The summed E-state index contributed by atoms with van der Waals surface area (Å²) in [6.45, 7) is 6.63. The Morgan fingerprint density at radius 1 is 1.09 bits per heavy atom. The van der Waals surface area contributed by atoms with Gasteiger partial charge in [0, 0.05) is 24.6 Å². The number of aliphatic hydroxyl groups is 1. The summed E-state index contributed by atoms with van der Waals surface area (Å²) in [5.41, 5.74) is -1.57. The smallest absolute Gasteiger partial charge is 0.243 e. The predicted octanol–water partition coefficient (Wildman–Crippen LogP) is 1.24. The zero-order valence-corrected chi connectivity index (χ0v) is 13.8. The van der Waals surface area contributed by atoms with Crippen molar-refractivity contribution in [2.24, 2.45) is 5.41 Å². The quantitative estimate of drug-likeness (QED) is 0.884. The van der Waals surface area contributed by atoms with Gasteiger partial charge in [0.2, 0.25) is 10.0 Å². The van der Waals surface area contributed by atoms with Crippen molar-refractivity contribution in [1.82, 2.24) is 4.31 Å². The molecule has 0 unspecified atom stereocenters. The molecule has 0 spiro atoms. The average molecular weight is 327 g/mol. The van der Waals surface area contributed by atoms with Gasteiger partial charge < -0.3 is 14.6 Å². The van der Waals surface area contributed by atoms with E-state index in [0.29, 0.717) is 24.7 Å². The van der Waals surface area contributed by atoms with E-state index in [1.54, 1.807) is 13.0 Å². The molecule has 0 bridgehead atoms. The van der Waals surface area contributed by atoms with Gasteiger partial charge in [0.1, 0.15) is 13.2 Å². The SMILES string of the molecule is CC1(C)CN(S(=O)(=O)c2ccc3c(c2)OCCO3)C[C@]1(C)O. The molecule has 2 aliphatic heterocycles. The molecule has 1 fully saturated rings. The third kappa shape index (κ3) is 2.37. The van der Waals surface area contributed by atoms with Crippen LogP contribution in [-0.4, -0.2) is 49.7 Å². The number of hydrogen-bond acceptors (Lipinski definition) is 5. The van der Waals surface area contributed by atoms with Crippen molar-refractivity contribution in [2.75, 3.05) is 26.3 Å². The molecule has 0 radical (unpaired) electrons. The first kappa shape index (κ1) is 15.6. The summed E-state index contributed by atoms with van der Waals surface area (Å²) in [4.78, 5) is 0.158. The first-order chi connectivity index (χ1) is 10.1. The fraction of sp³-hybridized carbons (Fsp3) is 0.600. The van der Waals surface area contributed by atoms with Crippen molar-refractivity contribution in [1.29, 1.82) is 0 Å². The lowest BCUT2D eigenvalue weighted by Crippen LogP contribution is -2.40. The van der Waals surface area contributed by atoms with Crippen LogP contribution in [0.4, 0.5) is 0 Å². The number of β-amino-alcohol motifs (C(OH)–C–C–N with tert-alkyl or cyclic N) is 1. The fourth-order valence-corrected chi connectivity index (χ4v) is 4.44. The van der Waals surface area contributed by atoms with E-state index in [2.05, 4.69) is 0 Å². The Hall–Kier alpha value is -1.31. The maximum Gasteiger partial charge on any atom is 0.243 e. The van der Waals surface area contributed by atoms with Crippen molar-refractivity contribution >= 4 is 10.0 Å². The van der Waals surface area contributed by atoms with Gasteiger partial charge >= 0.3 is 0 Å². The summed E-state index contributed by atoms with van der Waals surface area (Å²) in [7, 11) is -3.68. The van der Waals surface area contributed by atoms with Crippen LogP contribution in [0.2, 0.25) is 0 Å². The van der Waals surface area contributed by atoms with Crippen molar-refractivity contribution in [3.05, 3.63) is 18.2 Å². The zero-order chi connectivity index (χ0) is 16.2. The Morgan fingerprint density at radius 2 is 1.73 bits per heavy atom. The van der Waals surface area contributed by atoms with Crippen LogP contribution in [0, 0.1) is 5.41 Å². The van der Waals surface area contributed by atoms with E-state index >= 15 is 0 Å². The highest BCUT2D eigenvalue weighted by atomic mass is 32.2. The number of nitrogens with zero attached hydrogens (tertiary/aromatic N) is 1. The second-order valence-electron chi connectivity index (χ2n) is 6.74. The maximum absolute atomic E-state index is 12.8. The summed E-state index contributed by atoms with van der Waals surface area (Å²) in [5.74, 6) is 0.997. The third-order valence-corrected chi connectivity index (χ3v) is 6.45. The monoisotopic (exact) mass is 327 g/mol.